The van der Waals surface area contributed by atoms with Gasteiger partial charge in [-0.05, 0) is 29.8 Å². The molecule has 2 nitrogen and oxygen atoms in total. The molecule has 0 radical (unpaired) electrons. The Morgan fingerprint density at radius 1 is 0.760 bits per heavy atom. The zero-order chi connectivity index (χ0) is 17.4. The van der Waals surface area contributed by atoms with Gasteiger partial charge in [0, 0.05) is 16.5 Å². The Morgan fingerprint density at radius 2 is 1.32 bits per heavy atom. The fourth-order valence-corrected chi connectivity index (χ4v) is 5.04. The minimum Gasteiger partial charge on any atom is -0.235 e. The predicted octanol–water partition coefficient (Wildman–Crippen LogP) is 6.98. The van der Waals surface area contributed by atoms with Crippen LogP contribution in [0.5, 0.6) is 0 Å². The molecule has 0 atom stereocenters. The highest BCUT2D eigenvalue weighted by molar-refractivity contribution is 9.10. The summed E-state index contributed by atoms with van der Waals surface area (Å²) < 4.78 is 0.855. The average Bonchev–Trinajstić information content (AvgIpc) is 3.23. The summed E-state index contributed by atoms with van der Waals surface area (Å²) in [6.45, 7) is 4.19. The second-order valence-electron chi connectivity index (χ2n) is 5.91. The normalized spacial score (nSPS) is 11.0. The first-order valence-corrected chi connectivity index (χ1v) is 10.4. The van der Waals surface area contributed by atoms with Gasteiger partial charge in [0.1, 0.15) is 14.6 Å². The standard InChI is InChI=1S/C20H15BrN2S2/c1-12-3-7-14(8-4-12)19-22-16(11-24-19)17-18(21)23-20(25-17)15-9-5-13(2)6-10-15/h3-11H,1-2H3. The lowest BCUT2D eigenvalue weighted by atomic mass is 10.2. The Labute approximate surface area is 163 Å². The first kappa shape index (κ1) is 16.6. The van der Waals surface area contributed by atoms with Gasteiger partial charge in [-0.3, -0.25) is 0 Å². The number of benzene rings is 2. The Hall–Kier alpha value is -1.82. The molecule has 124 valence electrons. The Kier molecular flexibility index (Phi) is 4.54. The van der Waals surface area contributed by atoms with E-state index in [4.69, 9.17) is 4.98 Å². The molecule has 4 rings (SSSR count). The SMILES string of the molecule is Cc1ccc(-c2nc(-c3sc(-c4ccc(C)cc4)nc3Br)cs2)cc1. The van der Waals surface area contributed by atoms with E-state index in [1.807, 2.05) is 0 Å². The summed E-state index contributed by atoms with van der Waals surface area (Å²) in [5, 5.41) is 4.14. The van der Waals surface area contributed by atoms with E-state index < -0.39 is 0 Å². The van der Waals surface area contributed by atoms with Crippen molar-refractivity contribution in [2.75, 3.05) is 0 Å². The molecule has 0 saturated carbocycles. The van der Waals surface area contributed by atoms with Gasteiger partial charge < -0.3 is 0 Å². The van der Waals surface area contributed by atoms with Crippen molar-refractivity contribution in [1.29, 1.82) is 0 Å². The molecule has 2 heterocycles. The minimum absolute atomic E-state index is 0.855. The molecule has 0 N–H and O–H groups in total. The first-order valence-electron chi connectivity index (χ1n) is 7.86. The number of halogens is 1. The highest BCUT2D eigenvalue weighted by Crippen LogP contribution is 2.39. The van der Waals surface area contributed by atoms with Crippen molar-refractivity contribution < 1.29 is 0 Å². The molecule has 0 spiro atoms. The quantitative estimate of drug-likeness (QED) is 0.353. The van der Waals surface area contributed by atoms with Gasteiger partial charge in [-0.2, -0.15) is 0 Å². The van der Waals surface area contributed by atoms with Gasteiger partial charge in [-0.15, -0.1) is 22.7 Å². The van der Waals surface area contributed by atoms with E-state index in [9.17, 15) is 0 Å². The van der Waals surface area contributed by atoms with Crippen molar-refractivity contribution in [1.82, 2.24) is 9.97 Å². The predicted molar refractivity (Wildman–Crippen MR) is 111 cm³/mol. The van der Waals surface area contributed by atoms with E-state index >= 15 is 0 Å². The lowest BCUT2D eigenvalue weighted by Gasteiger charge is -1.97. The maximum absolute atomic E-state index is 4.82. The van der Waals surface area contributed by atoms with E-state index in [1.54, 1.807) is 22.7 Å². The third-order valence-electron chi connectivity index (χ3n) is 3.92. The van der Waals surface area contributed by atoms with Gasteiger partial charge in [-0.1, -0.05) is 59.7 Å². The Balaban J connectivity index is 1.69. The Morgan fingerprint density at radius 3 is 1.92 bits per heavy atom. The minimum atomic E-state index is 0.855. The van der Waals surface area contributed by atoms with Crippen molar-refractivity contribution in [3.8, 4) is 31.7 Å². The van der Waals surface area contributed by atoms with Crippen molar-refractivity contribution >= 4 is 38.6 Å². The van der Waals surface area contributed by atoms with Gasteiger partial charge in [0.25, 0.3) is 0 Å². The van der Waals surface area contributed by atoms with Crippen LogP contribution in [-0.2, 0) is 0 Å². The molecule has 2 aromatic heterocycles. The fourth-order valence-electron chi connectivity index (χ4n) is 2.49. The molecule has 0 aliphatic heterocycles. The maximum Gasteiger partial charge on any atom is 0.127 e. The van der Waals surface area contributed by atoms with Crippen molar-refractivity contribution in [2.45, 2.75) is 13.8 Å². The van der Waals surface area contributed by atoms with Crippen LogP contribution in [0.3, 0.4) is 0 Å². The molecular formula is C20H15BrN2S2. The Bertz CT molecular complexity index is 1010. The lowest BCUT2D eigenvalue weighted by Crippen LogP contribution is -1.79. The summed E-state index contributed by atoms with van der Waals surface area (Å²) in [4.78, 5) is 10.6. The molecule has 2 aromatic carbocycles. The molecule has 0 aliphatic rings. The zero-order valence-corrected chi connectivity index (χ0v) is 17.0. The topological polar surface area (TPSA) is 25.8 Å². The van der Waals surface area contributed by atoms with E-state index in [0.29, 0.717) is 0 Å². The number of aryl methyl sites for hydroxylation is 2. The van der Waals surface area contributed by atoms with Crippen LogP contribution >= 0.6 is 38.6 Å². The molecule has 5 heteroatoms. The average molecular weight is 427 g/mol. The molecule has 0 saturated heterocycles. The summed E-state index contributed by atoms with van der Waals surface area (Å²) in [6.07, 6.45) is 0. The van der Waals surface area contributed by atoms with Crippen LogP contribution in [0, 0.1) is 13.8 Å². The molecule has 4 aromatic rings. The fraction of sp³-hybridized carbons (Fsp3) is 0.100. The van der Waals surface area contributed by atoms with E-state index in [0.717, 1.165) is 36.3 Å². The van der Waals surface area contributed by atoms with Gasteiger partial charge in [0.15, 0.2) is 0 Å². The van der Waals surface area contributed by atoms with Gasteiger partial charge in [-0.25, -0.2) is 9.97 Å². The maximum atomic E-state index is 4.82. The number of hydrogen-bond acceptors (Lipinski definition) is 4. The summed E-state index contributed by atoms with van der Waals surface area (Å²) >= 11 is 6.94. The second-order valence-corrected chi connectivity index (χ2v) is 8.52. The smallest absolute Gasteiger partial charge is 0.127 e. The molecule has 0 bridgehead atoms. The van der Waals surface area contributed by atoms with Crippen molar-refractivity contribution in [3.05, 3.63) is 69.6 Å². The van der Waals surface area contributed by atoms with Crippen molar-refractivity contribution in [3.63, 3.8) is 0 Å². The molecular weight excluding hydrogens is 412 g/mol. The largest absolute Gasteiger partial charge is 0.235 e. The van der Waals surface area contributed by atoms with E-state index in [-0.39, 0.29) is 0 Å². The zero-order valence-electron chi connectivity index (χ0n) is 13.8. The van der Waals surface area contributed by atoms with Gasteiger partial charge >= 0.3 is 0 Å². The number of hydrogen-bond donors (Lipinski definition) is 0. The van der Waals surface area contributed by atoms with Crippen LogP contribution in [0.15, 0.2) is 58.5 Å². The van der Waals surface area contributed by atoms with Crippen LogP contribution in [-0.4, -0.2) is 9.97 Å². The van der Waals surface area contributed by atoms with Crippen LogP contribution in [0.25, 0.3) is 31.7 Å². The van der Waals surface area contributed by atoms with Crippen LogP contribution < -0.4 is 0 Å². The summed E-state index contributed by atoms with van der Waals surface area (Å²) in [6, 6.07) is 16.9. The summed E-state index contributed by atoms with van der Waals surface area (Å²) in [7, 11) is 0. The highest BCUT2D eigenvalue weighted by atomic mass is 79.9. The number of thiazole rings is 2. The lowest BCUT2D eigenvalue weighted by molar-refractivity contribution is 1.34. The summed E-state index contributed by atoms with van der Waals surface area (Å²) in [5.41, 5.74) is 5.77. The number of rotatable bonds is 3. The van der Waals surface area contributed by atoms with Gasteiger partial charge in [0.05, 0.1) is 10.6 Å². The van der Waals surface area contributed by atoms with E-state index in [1.165, 1.54) is 11.1 Å². The molecule has 0 aliphatic carbocycles. The third-order valence-corrected chi connectivity index (χ3v) is 6.77. The number of nitrogens with zero attached hydrogens (tertiary/aromatic N) is 2. The molecule has 25 heavy (non-hydrogen) atoms. The van der Waals surface area contributed by atoms with Crippen molar-refractivity contribution in [2.24, 2.45) is 0 Å². The van der Waals surface area contributed by atoms with E-state index in [2.05, 4.69) is 88.7 Å². The van der Waals surface area contributed by atoms with Crippen LogP contribution in [0.4, 0.5) is 0 Å². The van der Waals surface area contributed by atoms with Crippen LogP contribution in [0.1, 0.15) is 11.1 Å². The monoisotopic (exact) mass is 426 g/mol. The number of aromatic nitrogens is 2. The second kappa shape index (κ2) is 6.83. The molecule has 0 unspecified atom stereocenters. The summed E-state index contributed by atoms with van der Waals surface area (Å²) in [5.74, 6) is 0. The van der Waals surface area contributed by atoms with Crippen LogP contribution in [0.2, 0.25) is 0 Å². The highest BCUT2D eigenvalue weighted by Gasteiger charge is 2.15. The first-order chi connectivity index (χ1) is 12.1. The molecule has 0 fully saturated rings. The van der Waals surface area contributed by atoms with Gasteiger partial charge in [0.2, 0.25) is 0 Å². The molecule has 0 amide bonds. The third kappa shape index (κ3) is 3.45.